The molecule has 0 aliphatic rings. The normalized spacial score (nSPS) is 10.4. The van der Waals surface area contributed by atoms with Crippen molar-refractivity contribution < 1.29 is 0 Å². The number of benzene rings is 1. The standard InChI is InChI=1S/C12H10BrClN2/c13-10-3-1-2-8(5-10)4-9-6-11(14)7-16-12(9)15/h1-3,5-7H,4H2,(H2,15,16). The number of hydrogen-bond donors (Lipinski definition) is 1. The molecule has 0 aliphatic heterocycles. The highest BCUT2D eigenvalue weighted by Gasteiger charge is 2.03. The topological polar surface area (TPSA) is 38.9 Å². The van der Waals surface area contributed by atoms with Crippen LogP contribution < -0.4 is 5.73 Å². The van der Waals surface area contributed by atoms with Gasteiger partial charge in [0.1, 0.15) is 5.82 Å². The molecule has 0 bridgehead atoms. The molecule has 2 N–H and O–H groups in total. The Kier molecular flexibility index (Phi) is 3.46. The molecule has 2 aromatic rings. The fourth-order valence-corrected chi connectivity index (χ4v) is 2.13. The molecule has 1 aromatic heterocycles. The lowest BCUT2D eigenvalue weighted by Crippen LogP contribution is -1.98. The highest BCUT2D eigenvalue weighted by atomic mass is 79.9. The van der Waals surface area contributed by atoms with Crippen LogP contribution in [0, 0.1) is 0 Å². The van der Waals surface area contributed by atoms with Crippen molar-refractivity contribution in [2.45, 2.75) is 6.42 Å². The summed E-state index contributed by atoms with van der Waals surface area (Å²) in [6.45, 7) is 0. The molecule has 0 radical (unpaired) electrons. The van der Waals surface area contributed by atoms with Crippen molar-refractivity contribution >= 4 is 33.3 Å². The smallest absolute Gasteiger partial charge is 0.126 e. The van der Waals surface area contributed by atoms with E-state index in [1.165, 1.54) is 5.56 Å². The number of rotatable bonds is 2. The predicted molar refractivity (Wildman–Crippen MR) is 70.6 cm³/mol. The van der Waals surface area contributed by atoms with Crippen LogP contribution in [0.5, 0.6) is 0 Å². The molecule has 0 unspecified atom stereocenters. The minimum absolute atomic E-state index is 0.532. The van der Waals surface area contributed by atoms with Crippen LogP contribution in [0.25, 0.3) is 0 Å². The predicted octanol–water partition coefficient (Wildman–Crippen LogP) is 3.67. The van der Waals surface area contributed by atoms with Crippen molar-refractivity contribution in [2.75, 3.05) is 5.73 Å². The van der Waals surface area contributed by atoms with Gasteiger partial charge in [0.15, 0.2) is 0 Å². The number of aromatic nitrogens is 1. The van der Waals surface area contributed by atoms with Crippen LogP contribution in [0.3, 0.4) is 0 Å². The molecular formula is C12H10BrClN2. The Morgan fingerprint density at radius 3 is 2.88 bits per heavy atom. The quantitative estimate of drug-likeness (QED) is 0.918. The van der Waals surface area contributed by atoms with E-state index in [1.807, 2.05) is 24.3 Å². The second-order valence-electron chi connectivity index (χ2n) is 3.50. The van der Waals surface area contributed by atoms with E-state index in [-0.39, 0.29) is 0 Å². The van der Waals surface area contributed by atoms with Gasteiger partial charge in [0.2, 0.25) is 0 Å². The molecule has 2 rings (SSSR count). The van der Waals surface area contributed by atoms with Gasteiger partial charge in [0.05, 0.1) is 5.02 Å². The van der Waals surface area contributed by atoms with E-state index >= 15 is 0 Å². The van der Waals surface area contributed by atoms with Gasteiger partial charge in [0.25, 0.3) is 0 Å². The summed E-state index contributed by atoms with van der Waals surface area (Å²) in [4.78, 5) is 4.03. The number of nitrogens with zero attached hydrogens (tertiary/aromatic N) is 1. The summed E-state index contributed by atoms with van der Waals surface area (Å²) >= 11 is 9.32. The highest BCUT2D eigenvalue weighted by molar-refractivity contribution is 9.10. The molecule has 0 spiro atoms. The van der Waals surface area contributed by atoms with Crippen LogP contribution in [-0.2, 0) is 6.42 Å². The minimum Gasteiger partial charge on any atom is -0.383 e. The number of anilines is 1. The van der Waals surface area contributed by atoms with Crippen molar-refractivity contribution in [1.29, 1.82) is 0 Å². The number of pyridine rings is 1. The van der Waals surface area contributed by atoms with Gasteiger partial charge in [-0.05, 0) is 23.8 Å². The van der Waals surface area contributed by atoms with Crippen molar-refractivity contribution in [3.8, 4) is 0 Å². The third-order valence-electron chi connectivity index (χ3n) is 2.25. The zero-order valence-electron chi connectivity index (χ0n) is 8.45. The summed E-state index contributed by atoms with van der Waals surface area (Å²) in [5.74, 6) is 0.532. The van der Waals surface area contributed by atoms with Crippen molar-refractivity contribution in [3.05, 3.63) is 57.2 Å². The molecule has 0 amide bonds. The number of nitrogen functional groups attached to an aromatic ring is 1. The van der Waals surface area contributed by atoms with Crippen molar-refractivity contribution in [3.63, 3.8) is 0 Å². The molecule has 1 aromatic carbocycles. The first-order valence-electron chi connectivity index (χ1n) is 4.79. The summed E-state index contributed by atoms with van der Waals surface area (Å²) in [6.07, 6.45) is 2.29. The van der Waals surface area contributed by atoms with Crippen LogP contribution in [-0.4, -0.2) is 4.98 Å². The molecule has 1 heterocycles. The highest BCUT2D eigenvalue weighted by Crippen LogP contribution is 2.20. The molecule has 0 aliphatic carbocycles. The summed E-state index contributed by atoms with van der Waals surface area (Å²) in [5, 5.41) is 0.610. The molecule has 0 fully saturated rings. The maximum atomic E-state index is 5.89. The molecule has 16 heavy (non-hydrogen) atoms. The Balaban J connectivity index is 2.30. The Morgan fingerprint density at radius 1 is 1.31 bits per heavy atom. The van der Waals surface area contributed by atoms with Crippen LogP contribution in [0.4, 0.5) is 5.82 Å². The van der Waals surface area contributed by atoms with E-state index in [4.69, 9.17) is 17.3 Å². The van der Waals surface area contributed by atoms with Gasteiger partial charge in [-0.1, -0.05) is 39.7 Å². The number of hydrogen-bond acceptors (Lipinski definition) is 2. The summed E-state index contributed by atoms with van der Waals surface area (Å²) in [6, 6.07) is 9.94. The van der Waals surface area contributed by atoms with E-state index < -0.39 is 0 Å². The fraction of sp³-hybridized carbons (Fsp3) is 0.0833. The second-order valence-corrected chi connectivity index (χ2v) is 4.86. The first-order chi connectivity index (χ1) is 7.65. The average Bonchev–Trinajstić information content (AvgIpc) is 2.24. The SMILES string of the molecule is Nc1ncc(Cl)cc1Cc1cccc(Br)c1. The van der Waals surface area contributed by atoms with E-state index in [2.05, 4.69) is 27.0 Å². The maximum absolute atomic E-state index is 5.89. The Bertz CT molecular complexity index is 514. The van der Waals surface area contributed by atoms with Gasteiger partial charge < -0.3 is 5.73 Å². The van der Waals surface area contributed by atoms with Gasteiger partial charge in [-0.3, -0.25) is 0 Å². The van der Waals surface area contributed by atoms with E-state index in [1.54, 1.807) is 6.20 Å². The maximum Gasteiger partial charge on any atom is 0.126 e. The molecule has 0 saturated heterocycles. The van der Waals surface area contributed by atoms with Crippen LogP contribution in [0.1, 0.15) is 11.1 Å². The largest absolute Gasteiger partial charge is 0.383 e. The van der Waals surface area contributed by atoms with Crippen LogP contribution in [0.15, 0.2) is 41.0 Å². The summed E-state index contributed by atoms with van der Waals surface area (Å²) in [5.41, 5.74) is 7.91. The fourth-order valence-electron chi connectivity index (χ4n) is 1.50. The number of nitrogens with two attached hydrogens (primary N) is 1. The second kappa shape index (κ2) is 4.85. The van der Waals surface area contributed by atoms with Crippen LogP contribution >= 0.6 is 27.5 Å². The summed E-state index contributed by atoms with van der Waals surface area (Å²) in [7, 11) is 0. The Labute approximate surface area is 108 Å². The first-order valence-corrected chi connectivity index (χ1v) is 5.96. The Hall–Kier alpha value is -1.06. The average molecular weight is 298 g/mol. The molecule has 82 valence electrons. The lowest BCUT2D eigenvalue weighted by atomic mass is 10.1. The van der Waals surface area contributed by atoms with E-state index in [9.17, 15) is 0 Å². The first kappa shape index (κ1) is 11.4. The van der Waals surface area contributed by atoms with Gasteiger partial charge in [-0.25, -0.2) is 4.98 Å². The third kappa shape index (κ3) is 2.74. The van der Waals surface area contributed by atoms with Gasteiger partial charge in [-0.2, -0.15) is 0 Å². The minimum atomic E-state index is 0.532. The van der Waals surface area contributed by atoms with E-state index in [0.717, 1.165) is 16.5 Å². The molecule has 2 nitrogen and oxygen atoms in total. The zero-order valence-corrected chi connectivity index (χ0v) is 10.8. The van der Waals surface area contributed by atoms with Crippen LogP contribution in [0.2, 0.25) is 5.02 Å². The lowest BCUT2D eigenvalue weighted by molar-refractivity contribution is 1.15. The van der Waals surface area contributed by atoms with Gasteiger partial charge in [-0.15, -0.1) is 0 Å². The molecule has 4 heteroatoms. The summed E-state index contributed by atoms with van der Waals surface area (Å²) < 4.78 is 1.05. The molecule has 0 saturated carbocycles. The monoisotopic (exact) mass is 296 g/mol. The van der Waals surface area contributed by atoms with Gasteiger partial charge >= 0.3 is 0 Å². The molecular weight excluding hydrogens is 288 g/mol. The van der Waals surface area contributed by atoms with Crippen molar-refractivity contribution in [1.82, 2.24) is 4.98 Å². The van der Waals surface area contributed by atoms with Gasteiger partial charge in [0, 0.05) is 22.7 Å². The lowest BCUT2D eigenvalue weighted by Gasteiger charge is -2.05. The zero-order chi connectivity index (χ0) is 11.5. The van der Waals surface area contributed by atoms with Crippen molar-refractivity contribution in [2.24, 2.45) is 0 Å². The molecule has 0 atom stereocenters. The van der Waals surface area contributed by atoms with E-state index in [0.29, 0.717) is 10.8 Å². The number of halogens is 2. The Morgan fingerprint density at radius 2 is 2.12 bits per heavy atom. The third-order valence-corrected chi connectivity index (χ3v) is 2.95.